The molecule has 0 saturated heterocycles. The number of nitrogens with zero attached hydrogens (tertiary/aromatic N) is 1. The lowest BCUT2D eigenvalue weighted by molar-refractivity contribution is -0.137. The lowest BCUT2D eigenvalue weighted by Crippen LogP contribution is -2.33. The second kappa shape index (κ2) is 5.76. The molecule has 21 heavy (non-hydrogen) atoms. The minimum absolute atomic E-state index is 0.00366. The van der Waals surface area contributed by atoms with Gasteiger partial charge in [-0.1, -0.05) is 17.8 Å². The van der Waals surface area contributed by atoms with Crippen molar-refractivity contribution >= 4 is 34.4 Å². The summed E-state index contributed by atoms with van der Waals surface area (Å²) in [6.07, 6.45) is -4.64. The van der Waals surface area contributed by atoms with Gasteiger partial charge in [0.1, 0.15) is 5.25 Å². The first-order valence-electron chi connectivity index (χ1n) is 5.77. The predicted molar refractivity (Wildman–Crippen MR) is 72.7 cm³/mol. The third kappa shape index (κ3) is 3.97. The molecule has 1 heterocycles. The number of thioether (sulfide) groups is 1. The van der Waals surface area contributed by atoms with Gasteiger partial charge in [0, 0.05) is 5.69 Å². The number of carbonyl (C=O) groups excluding carboxylic acids is 2. The number of alkyl halides is 3. The van der Waals surface area contributed by atoms with E-state index >= 15 is 0 Å². The number of amidine groups is 1. The molecular formula is C12H10F3N3O2S. The minimum atomic E-state index is -4.49. The Kier molecular flexibility index (Phi) is 4.21. The number of nitrogens with one attached hydrogen (secondary N) is 1. The van der Waals surface area contributed by atoms with E-state index in [2.05, 4.69) is 10.3 Å². The lowest BCUT2D eigenvalue weighted by Gasteiger charge is -2.18. The minimum Gasteiger partial charge on any atom is -0.378 e. The van der Waals surface area contributed by atoms with Crippen molar-refractivity contribution in [3.05, 3.63) is 29.8 Å². The molecule has 0 aromatic heterocycles. The molecule has 2 rings (SSSR count). The second-order valence-corrected chi connectivity index (χ2v) is 5.45. The first-order chi connectivity index (χ1) is 9.75. The molecule has 0 aliphatic carbocycles. The third-order valence-corrected chi connectivity index (χ3v) is 3.61. The number of rotatable bonds is 2. The van der Waals surface area contributed by atoms with Crippen LogP contribution in [0.5, 0.6) is 0 Å². The van der Waals surface area contributed by atoms with Crippen LogP contribution in [0, 0.1) is 0 Å². The fourth-order valence-corrected chi connectivity index (χ4v) is 2.52. The molecule has 0 bridgehead atoms. The smallest absolute Gasteiger partial charge is 0.378 e. The summed E-state index contributed by atoms with van der Waals surface area (Å²) in [5.74, 6) is -1.12. The molecule has 0 fully saturated rings. The fraction of sp³-hybridized carbons (Fsp3) is 0.250. The van der Waals surface area contributed by atoms with E-state index in [1.165, 1.54) is 12.1 Å². The van der Waals surface area contributed by atoms with E-state index < -0.39 is 28.8 Å². The van der Waals surface area contributed by atoms with Crippen molar-refractivity contribution in [3.8, 4) is 0 Å². The number of anilines is 1. The Hall–Kier alpha value is -2.03. The van der Waals surface area contributed by atoms with E-state index in [0.29, 0.717) is 0 Å². The summed E-state index contributed by atoms with van der Waals surface area (Å²) in [6, 6.07) is 4.25. The van der Waals surface area contributed by atoms with Gasteiger partial charge in [0.05, 0.1) is 12.0 Å². The monoisotopic (exact) mass is 317 g/mol. The van der Waals surface area contributed by atoms with Crippen LogP contribution in [-0.2, 0) is 15.8 Å². The molecule has 0 unspecified atom stereocenters. The van der Waals surface area contributed by atoms with Crippen LogP contribution in [-0.4, -0.2) is 22.2 Å². The molecule has 5 nitrogen and oxygen atoms in total. The van der Waals surface area contributed by atoms with Crippen LogP contribution < -0.4 is 11.1 Å². The number of hydrogen-bond acceptors (Lipinski definition) is 4. The molecular weight excluding hydrogens is 307 g/mol. The summed E-state index contributed by atoms with van der Waals surface area (Å²) in [6.45, 7) is 0. The first-order valence-corrected chi connectivity index (χ1v) is 6.65. The van der Waals surface area contributed by atoms with Crippen molar-refractivity contribution in [1.82, 2.24) is 0 Å². The number of carbonyl (C=O) groups is 2. The molecule has 1 aromatic carbocycles. The van der Waals surface area contributed by atoms with Crippen LogP contribution in [0.25, 0.3) is 0 Å². The van der Waals surface area contributed by atoms with E-state index in [9.17, 15) is 22.8 Å². The van der Waals surface area contributed by atoms with Crippen molar-refractivity contribution in [1.29, 1.82) is 0 Å². The van der Waals surface area contributed by atoms with Gasteiger partial charge in [0.2, 0.25) is 11.8 Å². The number of aliphatic imine (C=N–C) groups is 1. The van der Waals surface area contributed by atoms with Crippen LogP contribution in [0.3, 0.4) is 0 Å². The Morgan fingerprint density at radius 1 is 1.43 bits per heavy atom. The van der Waals surface area contributed by atoms with Crippen molar-refractivity contribution in [2.45, 2.75) is 17.8 Å². The van der Waals surface area contributed by atoms with Crippen LogP contribution in [0.4, 0.5) is 18.9 Å². The molecule has 0 spiro atoms. The number of benzene rings is 1. The molecule has 112 valence electrons. The van der Waals surface area contributed by atoms with E-state index in [1.54, 1.807) is 0 Å². The normalized spacial score (nSPS) is 19.1. The second-order valence-electron chi connectivity index (χ2n) is 4.22. The number of hydrogen-bond donors (Lipinski definition) is 2. The zero-order valence-electron chi connectivity index (χ0n) is 10.5. The van der Waals surface area contributed by atoms with Gasteiger partial charge in [-0.25, -0.2) is 0 Å². The number of amides is 2. The molecule has 1 aliphatic rings. The largest absolute Gasteiger partial charge is 0.416 e. The molecule has 0 saturated carbocycles. The number of nitrogens with two attached hydrogens (primary N) is 1. The Balaban J connectivity index is 2.10. The van der Waals surface area contributed by atoms with Crippen molar-refractivity contribution in [2.75, 3.05) is 5.32 Å². The van der Waals surface area contributed by atoms with Gasteiger partial charge in [0.25, 0.3) is 0 Å². The quantitative estimate of drug-likeness (QED) is 0.873. The third-order valence-electron chi connectivity index (χ3n) is 2.61. The van der Waals surface area contributed by atoms with Gasteiger partial charge in [-0.2, -0.15) is 18.2 Å². The Morgan fingerprint density at radius 3 is 2.76 bits per heavy atom. The van der Waals surface area contributed by atoms with Crippen LogP contribution in [0.15, 0.2) is 29.3 Å². The summed E-state index contributed by atoms with van der Waals surface area (Å²) in [5, 5.41) is 1.51. The zero-order valence-corrected chi connectivity index (χ0v) is 11.3. The maximum atomic E-state index is 12.6. The summed E-state index contributed by atoms with van der Waals surface area (Å²) >= 11 is 0.900. The summed E-state index contributed by atoms with van der Waals surface area (Å²) < 4.78 is 37.7. The predicted octanol–water partition coefficient (Wildman–Crippen LogP) is 1.99. The topological polar surface area (TPSA) is 84.5 Å². The van der Waals surface area contributed by atoms with Crippen LogP contribution in [0.2, 0.25) is 0 Å². The molecule has 3 N–H and O–H groups in total. The Morgan fingerprint density at radius 2 is 2.14 bits per heavy atom. The highest BCUT2D eigenvalue weighted by atomic mass is 32.2. The molecule has 1 aromatic rings. The van der Waals surface area contributed by atoms with Crippen LogP contribution >= 0.6 is 11.8 Å². The molecule has 2 amide bonds. The van der Waals surface area contributed by atoms with Gasteiger partial charge < -0.3 is 11.1 Å². The highest BCUT2D eigenvalue weighted by molar-refractivity contribution is 8.15. The van der Waals surface area contributed by atoms with Gasteiger partial charge >= 0.3 is 6.18 Å². The zero-order chi connectivity index (χ0) is 15.6. The molecule has 0 radical (unpaired) electrons. The van der Waals surface area contributed by atoms with Crippen molar-refractivity contribution in [3.63, 3.8) is 0 Å². The summed E-state index contributed by atoms with van der Waals surface area (Å²) in [7, 11) is 0. The van der Waals surface area contributed by atoms with Gasteiger partial charge in [-0.05, 0) is 18.2 Å². The first kappa shape index (κ1) is 15.4. The van der Waals surface area contributed by atoms with E-state index in [0.717, 1.165) is 23.9 Å². The average molecular weight is 317 g/mol. The Bertz CT molecular complexity index is 616. The maximum absolute atomic E-state index is 12.6. The lowest BCUT2D eigenvalue weighted by atomic mass is 10.2. The molecule has 1 aliphatic heterocycles. The summed E-state index contributed by atoms with van der Waals surface area (Å²) in [5.41, 5.74) is 4.53. The fourth-order valence-electron chi connectivity index (χ4n) is 1.68. The van der Waals surface area contributed by atoms with E-state index in [1.807, 2.05) is 0 Å². The van der Waals surface area contributed by atoms with E-state index in [-0.39, 0.29) is 17.3 Å². The summed E-state index contributed by atoms with van der Waals surface area (Å²) in [4.78, 5) is 26.6. The molecule has 1 atom stereocenters. The number of halogens is 3. The standard InChI is InChI=1S/C12H10F3N3O2S/c13-12(14,15)6-2-1-3-7(4-6)17-10(20)8-5-9(19)18-11(16)21-8/h1-4,8H,5H2,(H,17,20)(H2,16,18,19)/t8-/m0/s1. The molecule has 9 heteroatoms. The highest BCUT2D eigenvalue weighted by Gasteiger charge is 2.31. The van der Waals surface area contributed by atoms with Gasteiger partial charge in [-0.15, -0.1) is 0 Å². The highest BCUT2D eigenvalue weighted by Crippen LogP contribution is 2.31. The van der Waals surface area contributed by atoms with E-state index in [4.69, 9.17) is 5.73 Å². The Labute approximate surface area is 121 Å². The maximum Gasteiger partial charge on any atom is 0.416 e. The van der Waals surface area contributed by atoms with Crippen molar-refractivity contribution in [2.24, 2.45) is 10.7 Å². The SMILES string of the molecule is NC1=NC(=O)C[C@@H](C(=O)Nc2cccc(C(F)(F)F)c2)S1. The van der Waals surface area contributed by atoms with Crippen LogP contribution in [0.1, 0.15) is 12.0 Å². The van der Waals surface area contributed by atoms with Gasteiger partial charge in [0.15, 0.2) is 5.17 Å². The van der Waals surface area contributed by atoms with Gasteiger partial charge in [-0.3, -0.25) is 9.59 Å². The van der Waals surface area contributed by atoms with Crippen molar-refractivity contribution < 1.29 is 22.8 Å². The average Bonchev–Trinajstić information content (AvgIpc) is 2.37.